The van der Waals surface area contributed by atoms with Crippen LogP contribution < -0.4 is 9.47 Å². The first-order valence-electron chi connectivity index (χ1n) is 9.50. The number of esters is 1. The van der Waals surface area contributed by atoms with Gasteiger partial charge in [-0.05, 0) is 11.1 Å². The van der Waals surface area contributed by atoms with Gasteiger partial charge >= 0.3 is 5.97 Å². The molecule has 3 rings (SSSR count). The summed E-state index contributed by atoms with van der Waals surface area (Å²) in [5.41, 5.74) is 2.41. The molecule has 0 bridgehead atoms. The summed E-state index contributed by atoms with van der Waals surface area (Å²) in [6.45, 7) is 2.33. The lowest BCUT2D eigenvalue weighted by Crippen LogP contribution is -2.06. The van der Waals surface area contributed by atoms with E-state index < -0.39 is 0 Å². The van der Waals surface area contributed by atoms with Crippen molar-refractivity contribution in [2.75, 3.05) is 0 Å². The lowest BCUT2D eigenvalue weighted by atomic mass is 10.1. The van der Waals surface area contributed by atoms with E-state index in [1.54, 1.807) is 13.0 Å². The number of phenolic OH excluding ortho intramolecular Hbond substituents is 1. The Hall–Kier alpha value is -3.47. The second-order valence-electron chi connectivity index (χ2n) is 6.48. The van der Waals surface area contributed by atoms with Gasteiger partial charge in [0.15, 0.2) is 0 Å². The van der Waals surface area contributed by atoms with Gasteiger partial charge in [0.05, 0.1) is 5.56 Å². The summed E-state index contributed by atoms with van der Waals surface area (Å²) in [5, 5.41) is 10.5. The Morgan fingerprint density at radius 2 is 1.41 bits per heavy atom. The minimum absolute atomic E-state index is 0.0393. The van der Waals surface area contributed by atoms with Crippen LogP contribution in [-0.2, 0) is 29.4 Å². The molecule has 3 aromatic carbocycles. The molecule has 5 heteroatoms. The standard InChI is InChI=1S/C24H24O5/c1-2-24(26)29-17-21-22(25)13-20(27-15-18-9-5-3-6-10-18)14-23(21)28-16-19-11-7-4-8-12-19/h3-14,25H,2,15-17H2,1H3. The molecule has 29 heavy (non-hydrogen) atoms. The number of aromatic hydroxyl groups is 1. The van der Waals surface area contributed by atoms with Crippen LogP contribution in [0.2, 0.25) is 0 Å². The zero-order valence-electron chi connectivity index (χ0n) is 16.3. The Kier molecular flexibility index (Phi) is 7.11. The van der Waals surface area contributed by atoms with Crippen molar-refractivity contribution >= 4 is 5.97 Å². The van der Waals surface area contributed by atoms with E-state index in [4.69, 9.17) is 14.2 Å². The highest BCUT2D eigenvalue weighted by molar-refractivity contribution is 5.69. The molecule has 0 unspecified atom stereocenters. The lowest BCUT2D eigenvalue weighted by molar-refractivity contribution is -0.144. The first-order valence-corrected chi connectivity index (χ1v) is 9.50. The second-order valence-corrected chi connectivity index (χ2v) is 6.48. The van der Waals surface area contributed by atoms with Gasteiger partial charge in [0.2, 0.25) is 0 Å². The lowest BCUT2D eigenvalue weighted by Gasteiger charge is -2.16. The minimum atomic E-state index is -0.345. The van der Waals surface area contributed by atoms with Crippen LogP contribution in [0.25, 0.3) is 0 Å². The van der Waals surface area contributed by atoms with Crippen molar-refractivity contribution in [1.82, 2.24) is 0 Å². The van der Waals surface area contributed by atoms with Crippen LogP contribution >= 0.6 is 0 Å². The molecular weight excluding hydrogens is 368 g/mol. The third-order valence-electron chi connectivity index (χ3n) is 4.31. The predicted molar refractivity (Wildman–Crippen MR) is 110 cm³/mol. The van der Waals surface area contributed by atoms with Crippen LogP contribution in [0.15, 0.2) is 72.8 Å². The van der Waals surface area contributed by atoms with Gasteiger partial charge in [-0.3, -0.25) is 4.79 Å². The molecular formula is C24H24O5. The average Bonchev–Trinajstić information content (AvgIpc) is 2.76. The summed E-state index contributed by atoms with van der Waals surface area (Å²) in [6.07, 6.45) is 0.263. The molecule has 0 atom stereocenters. The van der Waals surface area contributed by atoms with Gasteiger partial charge in [0, 0.05) is 18.6 Å². The van der Waals surface area contributed by atoms with Crippen molar-refractivity contribution < 1.29 is 24.1 Å². The van der Waals surface area contributed by atoms with Gasteiger partial charge in [0.25, 0.3) is 0 Å². The monoisotopic (exact) mass is 392 g/mol. The highest BCUT2D eigenvalue weighted by Gasteiger charge is 2.15. The topological polar surface area (TPSA) is 65.0 Å². The van der Waals surface area contributed by atoms with Crippen molar-refractivity contribution in [2.45, 2.75) is 33.2 Å². The molecule has 0 fully saturated rings. The fraction of sp³-hybridized carbons (Fsp3) is 0.208. The molecule has 5 nitrogen and oxygen atoms in total. The van der Waals surface area contributed by atoms with Crippen molar-refractivity contribution in [2.24, 2.45) is 0 Å². The van der Waals surface area contributed by atoms with Gasteiger partial charge in [-0.1, -0.05) is 67.6 Å². The predicted octanol–water partition coefficient (Wildman–Crippen LogP) is 5.00. The molecule has 0 saturated carbocycles. The number of carbonyl (C=O) groups excluding carboxylic acids is 1. The third kappa shape index (κ3) is 6.01. The Bertz CT molecular complexity index is 923. The molecule has 0 aliphatic heterocycles. The summed E-state index contributed by atoms with van der Waals surface area (Å²) >= 11 is 0. The first-order chi connectivity index (χ1) is 14.2. The van der Waals surface area contributed by atoms with Crippen LogP contribution in [0.3, 0.4) is 0 Å². The minimum Gasteiger partial charge on any atom is -0.507 e. The third-order valence-corrected chi connectivity index (χ3v) is 4.31. The second kappa shape index (κ2) is 10.2. The molecule has 0 radical (unpaired) electrons. The van der Waals surface area contributed by atoms with Gasteiger partial charge in [-0.15, -0.1) is 0 Å². The normalized spacial score (nSPS) is 10.4. The van der Waals surface area contributed by atoms with Gasteiger partial charge in [0.1, 0.15) is 37.1 Å². The van der Waals surface area contributed by atoms with Crippen LogP contribution in [0.1, 0.15) is 30.0 Å². The Balaban J connectivity index is 1.79. The van der Waals surface area contributed by atoms with E-state index in [1.165, 1.54) is 6.07 Å². The molecule has 0 amide bonds. The van der Waals surface area contributed by atoms with Gasteiger partial charge < -0.3 is 19.3 Å². The van der Waals surface area contributed by atoms with E-state index in [9.17, 15) is 9.90 Å². The SMILES string of the molecule is CCC(=O)OCc1c(O)cc(OCc2ccccc2)cc1OCc1ccccc1. The Labute approximate surface area is 170 Å². The summed E-state index contributed by atoms with van der Waals surface area (Å²) < 4.78 is 17.0. The quantitative estimate of drug-likeness (QED) is 0.519. The number of benzene rings is 3. The highest BCUT2D eigenvalue weighted by atomic mass is 16.5. The number of carbonyl (C=O) groups is 1. The molecule has 0 aromatic heterocycles. The highest BCUT2D eigenvalue weighted by Crippen LogP contribution is 2.35. The van der Waals surface area contributed by atoms with E-state index in [-0.39, 0.29) is 24.7 Å². The molecule has 0 aliphatic carbocycles. The maximum Gasteiger partial charge on any atom is 0.305 e. The molecule has 0 heterocycles. The molecule has 150 valence electrons. The van der Waals surface area contributed by atoms with E-state index in [0.29, 0.717) is 30.3 Å². The average molecular weight is 392 g/mol. The van der Waals surface area contributed by atoms with E-state index >= 15 is 0 Å². The van der Waals surface area contributed by atoms with Crippen LogP contribution in [0.5, 0.6) is 17.2 Å². The Morgan fingerprint density at radius 1 is 0.828 bits per heavy atom. The zero-order valence-corrected chi connectivity index (χ0v) is 16.3. The summed E-state index contributed by atoms with van der Waals surface area (Å²) in [4.78, 5) is 11.5. The number of ether oxygens (including phenoxy) is 3. The number of hydrogen-bond donors (Lipinski definition) is 1. The summed E-state index contributed by atoms with van der Waals surface area (Å²) in [7, 11) is 0. The van der Waals surface area contributed by atoms with Crippen molar-refractivity contribution in [3.05, 3.63) is 89.5 Å². The van der Waals surface area contributed by atoms with Crippen molar-refractivity contribution in [3.8, 4) is 17.2 Å². The largest absolute Gasteiger partial charge is 0.507 e. The number of rotatable bonds is 9. The molecule has 3 aromatic rings. The fourth-order valence-electron chi connectivity index (χ4n) is 2.69. The maximum absolute atomic E-state index is 11.5. The number of phenols is 1. The first kappa shape index (κ1) is 20.3. The van der Waals surface area contributed by atoms with E-state index in [2.05, 4.69) is 0 Å². The maximum atomic E-state index is 11.5. The summed E-state index contributed by atoms with van der Waals surface area (Å²) in [5.74, 6) is 0.506. The smallest absolute Gasteiger partial charge is 0.305 e. The van der Waals surface area contributed by atoms with E-state index in [1.807, 2.05) is 60.7 Å². The van der Waals surface area contributed by atoms with Crippen molar-refractivity contribution in [1.29, 1.82) is 0 Å². The van der Waals surface area contributed by atoms with Gasteiger partial charge in [-0.25, -0.2) is 0 Å². The van der Waals surface area contributed by atoms with Gasteiger partial charge in [-0.2, -0.15) is 0 Å². The number of hydrogen-bond acceptors (Lipinski definition) is 5. The Morgan fingerprint density at radius 3 is 2.00 bits per heavy atom. The molecule has 0 aliphatic rings. The van der Waals surface area contributed by atoms with Crippen LogP contribution in [-0.4, -0.2) is 11.1 Å². The molecule has 0 spiro atoms. The van der Waals surface area contributed by atoms with Crippen LogP contribution in [0.4, 0.5) is 0 Å². The molecule has 0 saturated heterocycles. The van der Waals surface area contributed by atoms with Crippen LogP contribution in [0, 0.1) is 0 Å². The fourth-order valence-corrected chi connectivity index (χ4v) is 2.69. The van der Waals surface area contributed by atoms with E-state index in [0.717, 1.165) is 11.1 Å². The van der Waals surface area contributed by atoms with Crippen molar-refractivity contribution in [3.63, 3.8) is 0 Å². The molecule has 1 N–H and O–H groups in total. The zero-order chi connectivity index (χ0) is 20.5. The summed E-state index contributed by atoms with van der Waals surface area (Å²) in [6, 6.07) is 22.7.